The summed E-state index contributed by atoms with van der Waals surface area (Å²) in [5, 5.41) is 0. The van der Waals surface area contributed by atoms with E-state index in [9.17, 15) is 0 Å². The maximum atomic E-state index is 6.24. The number of nitrogen functional groups attached to an aromatic ring is 1. The number of aromatic nitrogens is 2. The number of nitrogens with two attached hydrogens (primary N) is 1. The first-order valence-corrected chi connectivity index (χ1v) is 6.85. The number of aryl methyl sites for hydroxylation is 1. The van der Waals surface area contributed by atoms with Crippen molar-refractivity contribution >= 4 is 5.82 Å². The molecule has 3 rings (SSSR count). The zero-order valence-electron chi connectivity index (χ0n) is 11.4. The topological polar surface area (TPSA) is 53.1 Å². The minimum absolute atomic E-state index is 0.762. The summed E-state index contributed by atoms with van der Waals surface area (Å²) in [7, 11) is 0. The van der Waals surface area contributed by atoms with Gasteiger partial charge in [-0.2, -0.15) is 0 Å². The highest BCUT2D eigenvalue weighted by Crippen LogP contribution is 2.33. The highest BCUT2D eigenvalue weighted by atomic mass is 16.5. The van der Waals surface area contributed by atoms with E-state index in [1.54, 1.807) is 0 Å². The number of ether oxygens (including phenoxy) is 1. The third kappa shape index (κ3) is 1.87. The van der Waals surface area contributed by atoms with Crippen molar-refractivity contribution in [2.24, 2.45) is 0 Å². The number of hydrogen-bond acceptors (Lipinski definition) is 3. The molecule has 0 atom stereocenters. The molecular formula is C15H19N3O. The van der Waals surface area contributed by atoms with Crippen LogP contribution in [0.5, 0.6) is 5.75 Å². The molecule has 1 aromatic carbocycles. The molecular weight excluding hydrogens is 238 g/mol. The normalized spacial score (nSPS) is 13.4. The van der Waals surface area contributed by atoms with Crippen LogP contribution in [0.4, 0.5) is 5.82 Å². The smallest absolute Gasteiger partial charge is 0.131 e. The number of imidazole rings is 1. The van der Waals surface area contributed by atoms with Crippen molar-refractivity contribution in [1.82, 2.24) is 9.55 Å². The van der Waals surface area contributed by atoms with E-state index in [2.05, 4.69) is 24.5 Å². The van der Waals surface area contributed by atoms with Crippen molar-refractivity contribution in [2.75, 3.05) is 12.3 Å². The van der Waals surface area contributed by atoms with Gasteiger partial charge in [-0.25, -0.2) is 4.98 Å². The molecule has 0 radical (unpaired) electrons. The van der Waals surface area contributed by atoms with Gasteiger partial charge in [0.25, 0.3) is 0 Å². The molecule has 4 nitrogen and oxygen atoms in total. The lowest BCUT2D eigenvalue weighted by Gasteiger charge is -2.05. The molecule has 0 spiro atoms. The van der Waals surface area contributed by atoms with E-state index in [1.165, 1.54) is 5.56 Å². The van der Waals surface area contributed by atoms with E-state index in [0.29, 0.717) is 0 Å². The summed E-state index contributed by atoms with van der Waals surface area (Å²) in [5.41, 5.74) is 9.47. The number of rotatable bonds is 3. The van der Waals surface area contributed by atoms with Crippen molar-refractivity contribution in [2.45, 2.75) is 33.2 Å². The number of benzene rings is 1. The average molecular weight is 257 g/mol. The van der Waals surface area contributed by atoms with Crippen LogP contribution in [0.1, 0.15) is 25.2 Å². The Morgan fingerprint density at radius 1 is 1.37 bits per heavy atom. The third-order valence-electron chi connectivity index (χ3n) is 3.68. The molecule has 0 saturated carbocycles. The van der Waals surface area contributed by atoms with Crippen molar-refractivity contribution in [1.29, 1.82) is 0 Å². The van der Waals surface area contributed by atoms with E-state index in [0.717, 1.165) is 54.6 Å². The van der Waals surface area contributed by atoms with Crippen molar-refractivity contribution in [3.63, 3.8) is 0 Å². The van der Waals surface area contributed by atoms with Crippen LogP contribution in [0.25, 0.3) is 11.3 Å². The van der Waals surface area contributed by atoms with Crippen LogP contribution in [-0.2, 0) is 19.4 Å². The van der Waals surface area contributed by atoms with Gasteiger partial charge in [-0.05, 0) is 30.7 Å². The summed E-state index contributed by atoms with van der Waals surface area (Å²) in [4.78, 5) is 4.69. The highest BCUT2D eigenvalue weighted by molar-refractivity contribution is 5.72. The van der Waals surface area contributed by atoms with Crippen molar-refractivity contribution in [3.8, 4) is 17.0 Å². The van der Waals surface area contributed by atoms with Gasteiger partial charge < -0.3 is 15.0 Å². The number of fused-ring (bicyclic) bond motifs is 1. The molecule has 4 heteroatoms. The molecule has 2 heterocycles. The Hall–Kier alpha value is -1.97. The standard InChI is InChI=1S/C15H19N3O/c1-3-13-17-14(15(16)18(13)4-2)11-5-6-12-10(9-11)7-8-19-12/h5-6,9H,3-4,7-8,16H2,1-2H3. The first kappa shape index (κ1) is 12.1. The minimum atomic E-state index is 0.762. The van der Waals surface area contributed by atoms with E-state index >= 15 is 0 Å². The van der Waals surface area contributed by atoms with E-state index in [4.69, 9.17) is 15.5 Å². The summed E-state index contributed by atoms with van der Waals surface area (Å²) in [5.74, 6) is 2.80. The molecule has 1 aliphatic heterocycles. The number of nitrogens with zero attached hydrogens (tertiary/aromatic N) is 2. The summed E-state index contributed by atoms with van der Waals surface area (Å²) in [6, 6.07) is 6.22. The van der Waals surface area contributed by atoms with Gasteiger partial charge in [0.15, 0.2) is 0 Å². The van der Waals surface area contributed by atoms with Gasteiger partial charge in [0.05, 0.1) is 6.61 Å². The van der Waals surface area contributed by atoms with Gasteiger partial charge in [0.2, 0.25) is 0 Å². The van der Waals surface area contributed by atoms with E-state index < -0.39 is 0 Å². The zero-order valence-corrected chi connectivity index (χ0v) is 11.4. The zero-order chi connectivity index (χ0) is 13.4. The molecule has 100 valence electrons. The molecule has 0 fully saturated rings. The van der Waals surface area contributed by atoms with Crippen LogP contribution in [-0.4, -0.2) is 16.2 Å². The van der Waals surface area contributed by atoms with Gasteiger partial charge in [0, 0.05) is 24.9 Å². The molecule has 0 aliphatic carbocycles. The SMILES string of the molecule is CCc1nc(-c2ccc3c(c2)CCO3)c(N)n1CC. The molecule has 1 aliphatic rings. The molecule has 19 heavy (non-hydrogen) atoms. The maximum absolute atomic E-state index is 6.24. The first-order valence-electron chi connectivity index (χ1n) is 6.85. The second kappa shape index (κ2) is 4.61. The molecule has 1 aromatic heterocycles. The molecule has 0 unspecified atom stereocenters. The Bertz CT molecular complexity index is 616. The Balaban J connectivity index is 2.09. The van der Waals surface area contributed by atoms with Crippen molar-refractivity contribution < 1.29 is 4.74 Å². The predicted octanol–water partition coefficient (Wildman–Crippen LogP) is 2.65. The lowest BCUT2D eigenvalue weighted by molar-refractivity contribution is 0.357. The van der Waals surface area contributed by atoms with Crippen LogP contribution in [0.15, 0.2) is 18.2 Å². The van der Waals surface area contributed by atoms with Crippen molar-refractivity contribution in [3.05, 3.63) is 29.6 Å². The summed E-state index contributed by atoms with van der Waals surface area (Å²) in [6.45, 7) is 5.83. The first-order chi connectivity index (χ1) is 9.24. The lowest BCUT2D eigenvalue weighted by Crippen LogP contribution is -2.04. The van der Waals surface area contributed by atoms with Crippen LogP contribution in [0, 0.1) is 0 Å². The number of anilines is 1. The summed E-state index contributed by atoms with van der Waals surface area (Å²) >= 11 is 0. The summed E-state index contributed by atoms with van der Waals surface area (Å²) < 4.78 is 7.62. The molecule has 2 aromatic rings. The second-order valence-electron chi connectivity index (χ2n) is 4.78. The second-order valence-corrected chi connectivity index (χ2v) is 4.78. The minimum Gasteiger partial charge on any atom is -0.493 e. The highest BCUT2D eigenvalue weighted by Gasteiger charge is 2.17. The Labute approximate surface area is 113 Å². The monoisotopic (exact) mass is 257 g/mol. The maximum Gasteiger partial charge on any atom is 0.131 e. The Kier molecular flexibility index (Phi) is 2.93. The largest absolute Gasteiger partial charge is 0.493 e. The molecule has 0 amide bonds. The average Bonchev–Trinajstić information content (AvgIpc) is 3.01. The van der Waals surface area contributed by atoms with Crippen LogP contribution >= 0.6 is 0 Å². The predicted molar refractivity (Wildman–Crippen MR) is 76.3 cm³/mol. The molecule has 0 bridgehead atoms. The number of hydrogen-bond donors (Lipinski definition) is 1. The molecule has 0 saturated heterocycles. The lowest BCUT2D eigenvalue weighted by atomic mass is 10.1. The fraction of sp³-hybridized carbons (Fsp3) is 0.400. The Morgan fingerprint density at radius 3 is 2.89 bits per heavy atom. The van der Waals surface area contributed by atoms with E-state index in [1.807, 2.05) is 12.1 Å². The van der Waals surface area contributed by atoms with Crippen LogP contribution in [0.3, 0.4) is 0 Å². The quantitative estimate of drug-likeness (QED) is 0.919. The van der Waals surface area contributed by atoms with Crippen LogP contribution < -0.4 is 10.5 Å². The fourth-order valence-electron chi connectivity index (χ4n) is 2.68. The molecule has 2 N–H and O–H groups in total. The third-order valence-corrected chi connectivity index (χ3v) is 3.68. The van der Waals surface area contributed by atoms with Gasteiger partial charge >= 0.3 is 0 Å². The van der Waals surface area contributed by atoms with Crippen LogP contribution in [0.2, 0.25) is 0 Å². The Morgan fingerprint density at radius 2 is 2.21 bits per heavy atom. The van der Waals surface area contributed by atoms with Gasteiger partial charge in [-0.15, -0.1) is 0 Å². The van der Waals surface area contributed by atoms with Gasteiger partial charge in [0.1, 0.15) is 23.1 Å². The van der Waals surface area contributed by atoms with E-state index in [-0.39, 0.29) is 0 Å². The van der Waals surface area contributed by atoms with Gasteiger partial charge in [-0.1, -0.05) is 6.92 Å². The summed E-state index contributed by atoms with van der Waals surface area (Å²) in [6.07, 6.45) is 1.87. The fourth-order valence-corrected chi connectivity index (χ4v) is 2.68. The van der Waals surface area contributed by atoms with Gasteiger partial charge in [-0.3, -0.25) is 0 Å².